The number of aromatic nitrogens is 2. The third kappa shape index (κ3) is 5.06. The van der Waals surface area contributed by atoms with Crippen molar-refractivity contribution in [3.8, 4) is 0 Å². The number of benzene rings is 1. The van der Waals surface area contributed by atoms with Gasteiger partial charge in [0, 0.05) is 43.6 Å². The second kappa shape index (κ2) is 9.77. The zero-order chi connectivity index (χ0) is 21.8. The molecule has 4 rings (SSSR count). The molecule has 166 valence electrons. The Kier molecular flexibility index (Phi) is 6.86. The Bertz CT molecular complexity index is 899. The second-order valence-electron chi connectivity index (χ2n) is 9.39. The summed E-state index contributed by atoms with van der Waals surface area (Å²) in [6.45, 7) is 9.88. The Morgan fingerprint density at radius 2 is 2.00 bits per heavy atom. The molecular weight excluding hydrogens is 386 g/mol. The van der Waals surface area contributed by atoms with Crippen molar-refractivity contribution in [1.82, 2.24) is 19.8 Å². The molecule has 31 heavy (non-hydrogen) atoms. The van der Waals surface area contributed by atoms with E-state index in [4.69, 9.17) is 0 Å². The zero-order valence-electron chi connectivity index (χ0n) is 19.1. The minimum absolute atomic E-state index is 0.0272. The fourth-order valence-electron chi connectivity index (χ4n) is 4.95. The fraction of sp³-hybridized carbons (Fsp3) is 0.560. The van der Waals surface area contributed by atoms with Gasteiger partial charge in [-0.25, -0.2) is 9.97 Å². The number of rotatable bonds is 4. The quantitative estimate of drug-likeness (QED) is 0.805. The first-order valence-corrected chi connectivity index (χ1v) is 11.7. The van der Waals surface area contributed by atoms with Crippen molar-refractivity contribution in [2.24, 2.45) is 5.92 Å². The largest absolute Gasteiger partial charge is 0.385 e. The number of aryl methyl sites for hydroxylation is 1. The van der Waals surface area contributed by atoms with Crippen molar-refractivity contribution in [3.05, 3.63) is 53.6 Å². The van der Waals surface area contributed by atoms with E-state index in [0.29, 0.717) is 30.1 Å². The number of nitrogens with one attached hydrogen (secondary N) is 1. The van der Waals surface area contributed by atoms with E-state index < -0.39 is 0 Å². The van der Waals surface area contributed by atoms with E-state index in [9.17, 15) is 4.79 Å². The Hall–Kier alpha value is -2.47. The van der Waals surface area contributed by atoms with Crippen molar-refractivity contribution < 1.29 is 4.79 Å². The third-order valence-corrected chi connectivity index (χ3v) is 6.77. The molecule has 1 saturated heterocycles. The first-order chi connectivity index (χ1) is 15.0. The molecule has 2 atom stereocenters. The molecule has 0 unspecified atom stereocenters. The van der Waals surface area contributed by atoms with Crippen LogP contribution in [-0.2, 0) is 6.54 Å². The first-order valence-electron chi connectivity index (χ1n) is 11.7. The van der Waals surface area contributed by atoms with Crippen LogP contribution in [0.15, 0.2) is 36.8 Å². The van der Waals surface area contributed by atoms with Crippen molar-refractivity contribution in [1.29, 1.82) is 0 Å². The Morgan fingerprint density at radius 3 is 2.81 bits per heavy atom. The summed E-state index contributed by atoms with van der Waals surface area (Å²) >= 11 is 0. The number of anilines is 1. The molecule has 1 amide bonds. The summed E-state index contributed by atoms with van der Waals surface area (Å²) in [7, 11) is 0. The van der Waals surface area contributed by atoms with Crippen molar-refractivity contribution in [3.63, 3.8) is 0 Å². The molecule has 0 aliphatic carbocycles. The van der Waals surface area contributed by atoms with Gasteiger partial charge in [-0.2, -0.15) is 0 Å². The van der Waals surface area contributed by atoms with Gasteiger partial charge in [0.1, 0.15) is 6.33 Å². The monoisotopic (exact) mass is 421 g/mol. The predicted octanol–water partition coefficient (Wildman–Crippen LogP) is 4.12. The van der Waals surface area contributed by atoms with Gasteiger partial charge in [-0.15, -0.1) is 0 Å². The molecule has 2 aromatic rings. The summed E-state index contributed by atoms with van der Waals surface area (Å²) in [5.41, 5.74) is 3.64. The number of amides is 1. The van der Waals surface area contributed by atoms with Gasteiger partial charge < -0.3 is 10.2 Å². The van der Waals surface area contributed by atoms with E-state index in [1.54, 1.807) is 6.20 Å². The average molecular weight is 422 g/mol. The summed E-state index contributed by atoms with van der Waals surface area (Å²) in [5.74, 6) is 0.709. The fourth-order valence-corrected chi connectivity index (χ4v) is 4.95. The molecule has 2 aliphatic heterocycles. The predicted molar refractivity (Wildman–Crippen MR) is 124 cm³/mol. The molecule has 0 radical (unpaired) electrons. The highest BCUT2D eigenvalue weighted by Gasteiger charge is 2.35. The maximum Gasteiger partial charge on any atom is 0.257 e. The standard InChI is InChI=1S/C25H35N5O/c1-18(2)11-13-30-21-8-9-22(30)16-29(25(31)23-14-26-17-28-19(23)3)15-20-6-4-5-7-24(20)27-12-10-21/h4-7,14,17-18,21-22,27H,8-13,15-16H2,1-3H3/t21-,22+/m1/s1. The van der Waals surface area contributed by atoms with Crippen LogP contribution in [0.3, 0.4) is 0 Å². The van der Waals surface area contributed by atoms with Crippen LogP contribution >= 0.6 is 0 Å². The summed E-state index contributed by atoms with van der Waals surface area (Å²) in [5, 5.41) is 3.65. The van der Waals surface area contributed by atoms with Gasteiger partial charge in [0.05, 0.1) is 11.3 Å². The van der Waals surface area contributed by atoms with Crippen molar-refractivity contribution in [2.45, 2.75) is 65.1 Å². The smallest absolute Gasteiger partial charge is 0.257 e. The third-order valence-electron chi connectivity index (χ3n) is 6.77. The summed E-state index contributed by atoms with van der Waals surface area (Å²) < 4.78 is 0. The lowest BCUT2D eigenvalue weighted by molar-refractivity contribution is 0.0664. The molecule has 2 aliphatic rings. The highest BCUT2D eigenvalue weighted by Crippen LogP contribution is 2.30. The van der Waals surface area contributed by atoms with Crippen LogP contribution in [0.2, 0.25) is 0 Å². The molecule has 6 nitrogen and oxygen atoms in total. The van der Waals surface area contributed by atoms with E-state index in [-0.39, 0.29) is 5.91 Å². The molecule has 2 bridgehead atoms. The number of para-hydroxylation sites is 1. The van der Waals surface area contributed by atoms with Gasteiger partial charge in [0.15, 0.2) is 0 Å². The Morgan fingerprint density at radius 1 is 1.19 bits per heavy atom. The van der Waals surface area contributed by atoms with E-state index in [2.05, 4.69) is 58.3 Å². The number of fused-ring (bicyclic) bond motifs is 3. The molecule has 1 aromatic heterocycles. The zero-order valence-corrected chi connectivity index (χ0v) is 19.1. The van der Waals surface area contributed by atoms with Crippen LogP contribution < -0.4 is 5.32 Å². The first kappa shape index (κ1) is 21.8. The Balaban J connectivity index is 1.66. The summed E-state index contributed by atoms with van der Waals surface area (Å²) in [6, 6.07) is 9.36. The molecule has 6 heteroatoms. The van der Waals surface area contributed by atoms with Gasteiger partial charge in [-0.05, 0) is 56.7 Å². The molecule has 1 N–H and O–H groups in total. The summed E-state index contributed by atoms with van der Waals surface area (Å²) in [4.78, 5) is 26.7. The highest BCUT2D eigenvalue weighted by atomic mass is 16.2. The lowest BCUT2D eigenvalue weighted by atomic mass is 10.1. The van der Waals surface area contributed by atoms with Crippen LogP contribution in [0, 0.1) is 12.8 Å². The lowest BCUT2D eigenvalue weighted by Crippen LogP contribution is -2.45. The molecule has 1 fully saturated rings. The van der Waals surface area contributed by atoms with E-state index >= 15 is 0 Å². The normalized spacial score (nSPS) is 22.0. The van der Waals surface area contributed by atoms with E-state index in [1.807, 2.05) is 11.8 Å². The molecule has 1 aromatic carbocycles. The van der Waals surface area contributed by atoms with E-state index in [1.165, 1.54) is 19.2 Å². The molecule has 0 spiro atoms. The minimum Gasteiger partial charge on any atom is -0.385 e. The Labute approximate surface area is 186 Å². The van der Waals surface area contributed by atoms with Crippen molar-refractivity contribution in [2.75, 3.05) is 25.0 Å². The van der Waals surface area contributed by atoms with E-state index in [0.717, 1.165) is 49.4 Å². The van der Waals surface area contributed by atoms with Crippen LogP contribution in [0.5, 0.6) is 0 Å². The maximum absolute atomic E-state index is 13.6. The van der Waals surface area contributed by atoms with Crippen LogP contribution in [0.25, 0.3) is 0 Å². The number of carbonyl (C=O) groups is 1. The van der Waals surface area contributed by atoms with Gasteiger partial charge in [-0.3, -0.25) is 9.69 Å². The number of hydrogen-bond acceptors (Lipinski definition) is 5. The van der Waals surface area contributed by atoms with Crippen LogP contribution in [-0.4, -0.2) is 57.4 Å². The van der Waals surface area contributed by atoms with Crippen LogP contribution in [0.1, 0.15) is 61.1 Å². The lowest BCUT2D eigenvalue weighted by Gasteiger charge is -2.34. The second-order valence-corrected chi connectivity index (χ2v) is 9.39. The van der Waals surface area contributed by atoms with Crippen LogP contribution in [0.4, 0.5) is 5.69 Å². The maximum atomic E-state index is 13.6. The van der Waals surface area contributed by atoms with Gasteiger partial charge >= 0.3 is 0 Å². The molecular formula is C25H35N5O. The van der Waals surface area contributed by atoms with Crippen molar-refractivity contribution >= 4 is 11.6 Å². The SMILES string of the molecule is Cc1ncncc1C(=O)N1Cc2ccccc2NCC[C@H]2CC[C@@H](C1)N2CCC(C)C. The van der Waals surface area contributed by atoms with Gasteiger partial charge in [0.25, 0.3) is 5.91 Å². The highest BCUT2D eigenvalue weighted by molar-refractivity contribution is 5.95. The molecule has 0 saturated carbocycles. The topological polar surface area (TPSA) is 61.4 Å². The average Bonchev–Trinajstić information content (AvgIpc) is 3.12. The van der Waals surface area contributed by atoms with Gasteiger partial charge in [0.2, 0.25) is 0 Å². The summed E-state index contributed by atoms with van der Waals surface area (Å²) in [6.07, 6.45) is 7.87. The molecule has 3 heterocycles. The number of nitrogens with zero attached hydrogens (tertiary/aromatic N) is 4. The number of hydrogen-bond donors (Lipinski definition) is 1. The van der Waals surface area contributed by atoms with Gasteiger partial charge in [-0.1, -0.05) is 32.0 Å². The minimum atomic E-state index is 0.0272. The number of carbonyl (C=O) groups excluding carboxylic acids is 1.